The van der Waals surface area contributed by atoms with Gasteiger partial charge in [0.15, 0.2) is 0 Å². The molecule has 1 atom stereocenters. The van der Waals surface area contributed by atoms with Gasteiger partial charge in [-0.15, -0.1) is 0 Å². The van der Waals surface area contributed by atoms with Crippen molar-refractivity contribution in [3.63, 3.8) is 0 Å². The summed E-state index contributed by atoms with van der Waals surface area (Å²) in [6.07, 6.45) is -1.77. The Kier molecular flexibility index (Phi) is 4.21. The Morgan fingerprint density at radius 1 is 1.29 bits per heavy atom. The van der Waals surface area contributed by atoms with E-state index >= 15 is 0 Å². The lowest BCUT2D eigenvalue weighted by atomic mass is 10.0. The molecule has 0 bridgehead atoms. The van der Waals surface area contributed by atoms with Gasteiger partial charge >= 0.3 is 6.18 Å². The summed E-state index contributed by atoms with van der Waals surface area (Å²) in [6.45, 7) is 1.61. The summed E-state index contributed by atoms with van der Waals surface area (Å²) in [5.41, 5.74) is -0.223. The number of nitrogens with zero attached hydrogens (tertiary/aromatic N) is 2. The van der Waals surface area contributed by atoms with E-state index in [1.165, 1.54) is 30.7 Å². The number of hydrogen-bond donors (Lipinski definition) is 1. The van der Waals surface area contributed by atoms with Gasteiger partial charge in [-0.3, -0.25) is 4.79 Å². The van der Waals surface area contributed by atoms with E-state index in [2.05, 4.69) is 15.3 Å². The van der Waals surface area contributed by atoms with Gasteiger partial charge in [-0.25, -0.2) is 9.97 Å². The average molecular weight is 295 g/mol. The van der Waals surface area contributed by atoms with Crippen LogP contribution in [-0.4, -0.2) is 15.9 Å². The number of rotatable bonds is 3. The molecule has 1 amide bonds. The van der Waals surface area contributed by atoms with Gasteiger partial charge in [-0.1, -0.05) is 12.1 Å². The molecule has 0 spiro atoms. The molecule has 1 unspecified atom stereocenters. The molecule has 21 heavy (non-hydrogen) atoms. The van der Waals surface area contributed by atoms with Crippen molar-refractivity contribution in [3.8, 4) is 0 Å². The first-order valence-corrected chi connectivity index (χ1v) is 6.12. The first kappa shape index (κ1) is 15.0. The number of amides is 1. The van der Waals surface area contributed by atoms with Gasteiger partial charge in [0.1, 0.15) is 12.0 Å². The van der Waals surface area contributed by atoms with Crippen molar-refractivity contribution in [2.75, 3.05) is 0 Å². The highest BCUT2D eigenvalue weighted by Gasteiger charge is 2.30. The van der Waals surface area contributed by atoms with Crippen LogP contribution >= 0.6 is 0 Å². The quantitative estimate of drug-likeness (QED) is 0.947. The van der Waals surface area contributed by atoms with Crippen LogP contribution in [0, 0.1) is 0 Å². The molecular weight excluding hydrogens is 283 g/mol. The summed E-state index contributed by atoms with van der Waals surface area (Å²) in [6, 6.07) is 5.70. The normalized spacial score (nSPS) is 12.8. The number of carbonyl (C=O) groups is 1. The van der Waals surface area contributed by atoms with Gasteiger partial charge in [-0.2, -0.15) is 13.2 Å². The minimum atomic E-state index is -4.41. The van der Waals surface area contributed by atoms with Crippen LogP contribution in [0.4, 0.5) is 13.2 Å². The molecule has 0 fully saturated rings. The molecule has 1 aromatic carbocycles. The Balaban J connectivity index is 2.14. The maximum absolute atomic E-state index is 12.7. The van der Waals surface area contributed by atoms with Crippen LogP contribution in [0.25, 0.3) is 0 Å². The van der Waals surface area contributed by atoms with Crippen LogP contribution < -0.4 is 5.32 Å². The Morgan fingerprint density at radius 3 is 2.67 bits per heavy atom. The first-order chi connectivity index (χ1) is 9.88. The monoisotopic (exact) mass is 295 g/mol. The lowest BCUT2D eigenvalue weighted by Gasteiger charge is -2.16. The van der Waals surface area contributed by atoms with Gasteiger partial charge in [0.05, 0.1) is 11.6 Å². The summed E-state index contributed by atoms with van der Waals surface area (Å²) >= 11 is 0. The maximum atomic E-state index is 12.7. The molecule has 0 aliphatic carbocycles. The van der Waals surface area contributed by atoms with Crippen molar-refractivity contribution < 1.29 is 18.0 Å². The fourth-order valence-corrected chi connectivity index (χ4v) is 1.76. The highest BCUT2D eigenvalue weighted by Crippen LogP contribution is 2.30. The predicted molar refractivity (Wildman–Crippen MR) is 69.4 cm³/mol. The largest absolute Gasteiger partial charge is 0.416 e. The van der Waals surface area contributed by atoms with E-state index in [9.17, 15) is 18.0 Å². The highest BCUT2D eigenvalue weighted by atomic mass is 19.4. The zero-order chi connectivity index (χ0) is 15.5. The zero-order valence-corrected chi connectivity index (χ0v) is 11.1. The molecule has 0 aliphatic rings. The van der Waals surface area contributed by atoms with Crippen molar-refractivity contribution in [1.29, 1.82) is 0 Å². The summed E-state index contributed by atoms with van der Waals surface area (Å²) < 4.78 is 38.0. The number of hydrogen-bond acceptors (Lipinski definition) is 3. The van der Waals surface area contributed by atoms with Gasteiger partial charge in [0, 0.05) is 6.20 Å². The Labute approximate surface area is 119 Å². The van der Waals surface area contributed by atoms with E-state index in [4.69, 9.17) is 0 Å². The summed E-state index contributed by atoms with van der Waals surface area (Å²) in [4.78, 5) is 19.4. The zero-order valence-electron chi connectivity index (χ0n) is 11.1. The fraction of sp³-hybridized carbons (Fsp3) is 0.214. The van der Waals surface area contributed by atoms with Crippen molar-refractivity contribution in [1.82, 2.24) is 15.3 Å². The van der Waals surface area contributed by atoms with E-state index in [1.54, 1.807) is 6.92 Å². The Bertz CT molecular complexity index is 629. The van der Waals surface area contributed by atoms with Crippen LogP contribution in [-0.2, 0) is 6.18 Å². The molecule has 2 rings (SSSR count). The molecule has 1 heterocycles. The molecule has 1 aromatic heterocycles. The van der Waals surface area contributed by atoms with E-state index in [-0.39, 0.29) is 5.69 Å². The third-order valence-electron chi connectivity index (χ3n) is 2.88. The molecule has 110 valence electrons. The lowest BCUT2D eigenvalue weighted by Crippen LogP contribution is -2.27. The summed E-state index contributed by atoms with van der Waals surface area (Å²) in [5, 5.41) is 2.59. The molecule has 0 saturated heterocycles. The average Bonchev–Trinajstić information content (AvgIpc) is 2.47. The second-order valence-electron chi connectivity index (χ2n) is 4.41. The van der Waals surface area contributed by atoms with Gasteiger partial charge in [-0.05, 0) is 30.7 Å². The van der Waals surface area contributed by atoms with Crippen LogP contribution in [0.5, 0.6) is 0 Å². The van der Waals surface area contributed by atoms with Crippen molar-refractivity contribution in [2.24, 2.45) is 0 Å². The molecule has 2 aromatic rings. The van der Waals surface area contributed by atoms with E-state index in [1.807, 2.05) is 0 Å². The highest BCUT2D eigenvalue weighted by molar-refractivity contribution is 5.92. The molecule has 0 saturated carbocycles. The number of carbonyl (C=O) groups excluding carboxylic acids is 1. The van der Waals surface area contributed by atoms with Crippen molar-refractivity contribution >= 4 is 5.91 Å². The molecule has 4 nitrogen and oxygen atoms in total. The summed E-state index contributed by atoms with van der Waals surface area (Å²) in [7, 11) is 0. The lowest BCUT2D eigenvalue weighted by molar-refractivity contribution is -0.137. The standard InChI is InChI=1S/C14H12F3N3O/c1-9(20-13(21)12-5-6-18-8-19-12)10-3-2-4-11(7-10)14(15,16)17/h2-9H,1H3,(H,20,21). The molecular formula is C14H12F3N3O. The van der Waals surface area contributed by atoms with Crippen molar-refractivity contribution in [3.05, 3.63) is 59.7 Å². The molecule has 0 aliphatic heterocycles. The SMILES string of the molecule is CC(NC(=O)c1ccncn1)c1cccc(C(F)(F)F)c1. The summed E-state index contributed by atoms with van der Waals surface area (Å²) in [5.74, 6) is -0.470. The van der Waals surface area contributed by atoms with E-state index in [0.717, 1.165) is 12.1 Å². The first-order valence-electron chi connectivity index (χ1n) is 6.12. The third kappa shape index (κ3) is 3.77. The smallest absolute Gasteiger partial charge is 0.344 e. The number of benzene rings is 1. The number of halogens is 3. The number of aromatic nitrogens is 2. The van der Waals surface area contributed by atoms with Crippen LogP contribution in [0.15, 0.2) is 42.9 Å². The molecule has 1 N–H and O–H groups in total. The third-order valence-corrected chi connectivity index (χ3v) is 2.88. The second kappa shape index (κ2) is 5.90. The predicted octanol–water partition coefficient (Wildman–Crippen LogP) is 2.99. The number of alkyl halides is 3. The maximum Gasteiger partial charge on any atom is 0.416 e. The number of nitrogens with one attached hydrogen (secondary N) is 1. The van der Waals surface area contributed by atoms with Gasteiger partial charge in [0.2, 0.25) is 0 Å². The van der Waals surface area contributed by atoms with Gasteiger partial charge < -0.3 is 5.32 Å². The minimum absolute atomic E-state index is 0.156. The Morgan fingerprint density at radius 2 is 2.05 bits per heavy atom. The van der Waals surface area contributed by atoms with E-state index < -0.39 is 23.7 Å². The fourth-order valence-electron chi connectivity index (χ4n) is 1.76. The van der Waals surface area contributed by atoms with Crippen LogP contribution in [0.3, 0.4) is 0 Å². The van der Waals surface area contributed by atoms with E-state index in [0.29, 0.717) is 5.56 Å². The second-order valence-corrected chi connectivity index (χ2v) is 4.41. The minimum Gasteiger partial charge on any atom is -0.344 e. The topological polar surface area (TPSA) is 54.9 Å². The van der Waals surface area contributed by atoms with Crippen molar-refractivity contribution in [2.45, 2.75) is 19.1 Å². The molecule has 0 radical (unpaired) electrons. The Hall–Kier alpha value is -2.44. The van der Waals surface area contributed by atoms with Crippen LogP contribution in [0.2, 0.25) is 0 Å². The van der Waals surface area contributed by atoms with Crippen LogP contribution in [0.1, 0.15) is 34.6 Å². The molecule has 7 heteroatoms. The van der Waals surface area contributed by atoms with Gasteiger partial charge in [0.25, 0.3) is 5.91 Å².